The molecule has 110 valence electrons. The molecule has 0 bridgehead atoms. The van der Waals surface area contributed by atoms with Crippen molar-refractivity contribution in [1.29, 1.82) is 0 Å². The molecule has 0 saturated heterocycles. The van der Waals surface area contributed by atoms with E-state index in [1.165, 1.54) is 5.56 Å². The summed E-state index contributed by atoms with van der Waals surface area (Å²) in [5, 5.41) is 3.01. The molecule has 1 aromatic rings. The molecular formula is C16H24N2O2. The normalized spacial score (nSPS) is 19.2. The maximum atomic E-state index is 11.4. The second-order valence-corrected chi connectivity index (χ2v) is 5.86. The number of hydrogen-bond acceptors (Lipinski definition) is 3. The Labute approximate surface area is 120 Å². The van der Waals surface area contributed by atoms with E-state index in [0.29, 0.717) is 12.5 Å². The third-order valence-electron chi connectivity index (χ3n) is 3.73. The van der Waals surface area contributed by atoms with Gasteiger partial charge in [0.1, 0.15) is 5.75 Å². The predicted octanol–water partition coefficient (Wildman–Crippen LogP) is 2.79. The lowest BCUT2D eigenvalue weighted by Crippen LogP contribution is -2.31. The molecule has 1 aromatic carbocycles. The number of nitrogens with two attached hydrogens (primary N) is 1. The van der Waals surface area contributed by atoms with Crippen LogP contribution in [-0.2, 0) is 4.79 Å². The van der Waals surface area contributed by atoms with Gasteiger partial charge < -0.3 is 15.8 Å². The summed E-state index contributed by atoms with van der Waals surface area (Å²) in [6.45, 7) is 8.44. The number of rotatable bonds is 3. The van der Waals surface area contributed by atoms with E-state index in [1.54, 1.807) is 6.92 Å². The standard InChI is InChI=1S/C16H24N2O2/c1-9(2)12-7-13(10(3)17)16-14(8-12)15(5-6-20-16)18-11(4)19/h7-10,15H,5-6,17H2,1-4H3,(H,18,19). The molecule has 2 unspecified atom stereocenters. The topological polar surface area (TPSA) is 64.3 Å². The fourth-order valence-corrected chi connectivity index (χ4v) is 2.63. The average Bonchev–Trinajstić information content (AvgIpc) is 2.37. The van der Waals surface area contributed by atoms with Crippen molar-refractivity contribution in [3.63, 3.8) is 0 Å². The fraction of sp³-hybridized carbons (Fsp3) is 0.562. The monoisotopic (exact) mass is 276 g/mol. The number of carbonyl (C=O) groups is 1. The molecule has 20 heavy (non-hydrogen) atoms. The highest BCUT2D eigenvalue weighted by Gasteiger charge is 2.26. The number of benzene rings is 1. The van der Waals surface area contributed by atoms with Gasteiger partial charge in [0.2, 0.25) is 5.91 Å². The Morgan fingerprint density at radius 3 is 2.65 bits per heavy atom. The summed E-state index contributed by atoms with van der Waals surface area (Å²) in [6, 6.07) is 4.21. The molecule has 0 fully saturated rings. The minimum Gasteiger partial charge on any atom is -0.493 e. The first-order chi connectivity index (χ1) is 9.40. The molecule has 0 spiro atoms. The van der Waals surface area contributed by atoms with Crippen LogP contribution in [0.4, 0.5) is 0 Å². The lowest BCUT2D eigenvalue weighted by Gasteiger charge is -2.30. The lowest BCUT2D eigenvalue weighted by molar-refractivity contribution is -0.119. The Kier molecular flexibility index (Phi) is 4.33. The van der Waals surface area contributed by atoms with E-state index >= 15 is 0 Å². The highest BCUT2D eigenvalue weighted by molar-refractivity contribution is 5.73. The van der Waals surface area contributed by atoms with Gasteiger partial charge >= 0.3 is 0 Å². The summed E-state index contributed by atoms with van der Waals surface area (Å²) in [6.07, 6.45) is 0.798. The SMILES string of the molecule is CC(=O)NC1CCOc2c(C(C)N)cc(C(C)C)cc21. The second kappa shape index (κ2) is 5.83. The molecule has 0 radical (unpaired) electrons. The van der Waals surface area contributed by atoms with Crippen LogP contribution in [0.15, 0.2) is 12.1 Å². The molecule has 1 heterocycles. The Morgan fingerprint density at radius 2 is 2.10 bits per heavy atom. The van der Waals surface area contributed by atoms with Crippen LogP contribution >= 0.6 is 0 Å². The minimum absolute atomic E-state index is 0.0138. The van der Waals surface area contributed by atoms with E-state index in [0.717, 1.165) is 23.3 Å². The molecule has 1 amide bonds. The van der Waals surface area contributed by atoms with Crippen molar-refractivity contribution in [3.05, 3.63) is 28.8 Å². The third kappa shape index (κ3) is 2.96. The first kappa shape index (κ1) is 14.9. The molecule has 2 atom stereocenters. The number of carbonyl (C=O) groups excluding carboxylic acids is 1. The Morgan fingerprint density at radius 1 is 1.40 bits per heavy atom. The van der Waals surface area contributed by atoms with Gasteiger partial charge in [-0.2, -0.15) is 0 Å². The van der Waals surface area contributed by atoms with Crippen LogP contribution in [0.5, 0.6) is 5.75 Å². The smallest absolute Gasteiger partial charge is 0.217 e. The van der Waals surface area contributed by atoms with E-state index in [-0.39, 0.29) is 18.0 Å². The van der Waals surface area contributed by atoms with Crippen molar-refractivity contribution < 1.29 is 9.53 Å². The zero-order chi connectivity index (χ0) is 14.9. The zero-order valence-corrected chi connectivity index (χ0v) is 12.7. The first-order valence-corrected chi connectivity index (χ1v) is 7.23. The van der Waals surface area contributed by atoms with Crippen LogP contribution < -0.4 is 15.8 Å². The summed E-state index contributed by atoms with van der Waals surface area (Å²) in [5.41, 5.74) is 9.41. The summed E-state index contributed by atoms with van der Waals surface area (Å²) >= 11 is 0. The Balaban J connectivity index is 2.53. The number of fused-ring (bicyclic) bond motifs is 1. The van der Waals surface area contributed by atoms with Crippen molar-refractivity contribution in [1.82, 2.24) is 5.32 Å². The summed E-state index contributed by atoms with van der Waals surface area (Å²) < 4.78 is 5.83. The third-order valence-corrected chi connectivity index (χ3v) is 3.73. The van der Waals surface area contributed by atoms with Gasteiger partial charge in [0, 0.05) is 30.5 Å². The average molecular weight is 276 g/mol. The van der Waals surface area contributed by atoms with Crippen LogP contribution in [0.25, 0.3) is 0 Å². The quantitative estimate of drug-likeness (QED) is 0.892. The molecule has 0 aromatic heterocycles. The van der Waals surface area contributed by atoms with Gasteiger partial charge in [0.25, 0.3) is 0 Å². The van der Waals surface area contributed by atoms with Gasteiger partial charge in [-0.15, -0.1) is 0 Å². The number of amides is 1. The molecule has 0 aliphatic carbocycles. The molecular weight excluding hydrogens is 252 g/mol. The van der Waals surface area contributed by atoms with Gasteiger partial charge in [0.05, 0.1) is 12.6 Å². The number of hydrogen-bond donors (Lipinski definition) is 2. The van der Waals surface area contributed by atoms with Crippen LogP contribution in [-0.4, -0.2) is 12.5 Å². The summed E-state index contributed by atoms with van der Waals surface area (Å²) in [7, 11) is 0. The largest absolute Gasteiger partial charge is 0.493 e. The molecule has 2 rings (SSSR count). The minimum atomic E-state index is -0.0847. The van der Waals surface area contributed by atoms with Gasteiger partial charge in [-0.25, -0.2) is 0 Å². The highest BCUT2D eigenvalue weighted by Crippen LogP contribution is 2.39. The van der Waals surface area contributed by atoms with Gasteiger partial charge in [-0.1, -0.05) is 19.9 Å². The van der Waals surface area contributed by atoms with Gasteiger partial charge in [0.15, 0.2) is 0 Å². The molecule has 1 aliphatic rings. The first-order valence-electron chi connectivity index (χ1n) is 7.23. The number of nitrogens with one attached hydrogen (secondary N) is 1. The Hall–Kier alpha value is -1.55. The van der Waals surface area contributed by atoms with Gasteiger partial charge in [-0.05, 0) is 24.5 Å². The van der Waals surface area contributed by atoms with Crippen molar-refractivity contribution in [2.24, 2.45) is 5.73 Å². The van der Waals surface area contributed by atoms with E-state index in [2.05, 4.69) is 31.3 Å². The van der Waals surface area contributed by atoms with E-state index in [9.17, 15) is 4.79 Å². The van der Waals surface area contributed by atoms with E-state index in [4.69, 9.17) is 10.5 Å². The van der Waals surface area contributed by atoms with Crippen LogP contribution in [0.3, 0.4) is 0 Å². The molecule has 0 saturated carbocycles. The van der Waals surface area contributed by atoms with Gasteiger partial charge in [-0.3, -0.25) is 4.79 Å². The molecule has 1 aliphatic heterocycles. The summed E-state index contributed by atoms with van der Waals surface area (Å²) in [5.74, 6) is 1.26. The molecule has 4 heteroatoms. The van der Waals surface area contributed by atoms with Crippen LogP contribution in [0.1, 0.15) is 68.8 Å². The van der Waals surface area contributed by atoms with E-state index in [1.807, 2.05) is 6.92 Å². The predicted molar refractivity (Wildman–Crippen MR) is 79.8 cm³/mol. The number of ether oxygens (including phenoxy) is 1. The van der Waals surface area contributed by atoms with E-state index < -0.39 is 0 Å². The Bertz CT molecular complexity index is 509. The molecule has 4 nitrogen and oxygen atoms in total. The maximum absolute atomic E-state index is 11.4. The van der Waals surface area contributed by atoms with Crippen molar-refractivity contribution in [2.45, 2.75) is 52.1 Å². The maximum Gasteiger partial charge on any atom is 0.217 e. The van der Waals surface area contributed by atoms with Crippen molar-refractivity contribution in [2.75, 3.05) is 6.61 Å². The summed E-state index contributed by atoms with van der Waals surface area (Å²) in [4.78, 5) is 11.4. The lowest BCUT2D eigenvalue weighted by atomic mass is 9.89. The van der Waals surface area contributed by atoms with Crippen LogP contribution in [0, 0.1) is 0 Å². The second-order valence-electron chi connectivity index (χ2n) is 5.86. The molecule has 3 N–H and O–H groups in total. The zero-order valence-electron chi connectivity index (χ0n) is 12.7. The van der Waals surface area contributed by atoms with Crippen molar-refractivity contribution in [3.8, 4) is 5.75 Å². The van der Waals surface area contributed by atoms with Crippen molar-refractivity contribution >= 4 is 5.91 Å². The van der Waals surface area contributed by atoms with Crippen LogP contribution in [0.2, 0.25) is 0 Å². The highest BCUT2D eigenvalue weighted by atomic mass is 16.5. The fourth-order valence-electron chi connectivity index (χ4n) is 2.63.